The summed E-state index contributed by atoms with van der Waals surface area (Å²) in [6.45, 7) is 5.25. The number of ether oxygens (including phenoxy) is 1. The molecule has 1 aliphatic rings. The Hall–Kier alpha value is -0.870. The van der Waals surface area contributed by atoms with E-state index in [4.69, 9.17) is 10.5 Å². The van der Waals surface area contributed by atoms with Crippen molar-refractivity contribution >= 4 is 0 Å². The zero-order valence-corrected chi connectivity index (χ0v) is 11.7. The second-order valence-electron chi connectivity index (χ2n) is 5.50. The first-order valence-corrected chi connectivity index (χ1v) is 6.95. The molecule has 1 saturated carbocycles. The van der Waals surface area contributed by atoms with Crippen LogP contribution in [0, 0.1) is 5.92 Å². The van der Waals surface area contributed by atoms with Crippen LogP contribution in [-0.4, -0.2) is 22.5 Å². The topological polar surface area (TPSA) is 53.1 Å². The van der Waals surface area contributed by atoms with Gasteiger partial charge in [-0.3, -0.25) is 4.68 Å². The van der Waals surface area contributed by atoms with Gasteiger partial charge in [-0.1, -0.05) is 6.92 Å². The predicted molar refractivity (Wildman–Crippen MR) is 72.2 cm³/mol. The predicted octanol–water partition coefficient (Wildman–Crippen LogP) is 2.50. The molecule has 0 spiro atoms. The van der Waals surface area contributed by atoms with Gasteiger partial charge < -0.3 is 10.5 Å². The van der Waals surface area contributed by atoms with E-state index >= 15 is 0 Å². The summed E-state index contributed by atoms with van der Waals surface area (Å²) < 4.78 is 7.82. The number of hydrogen-bond donors (Lipinski definition) is 1. The molecule has 1 aromatic heterocycles. The third kappa shape index (κ3) is 2.31. The Balaban J connectivity index is 2.22. The van der Waals surface area contributed by atoms with Gasteiger partial charge in [0.05, 0.1) is 17.3 Å². The summed E-state index contributed by atoms with van der Waals surface area (Å²) in [5.74, 6) is 0.788. The molecule has 1 fully saturated rings. The highest BCUT2D eigenvalue weighted by Gasteiger charge is 2.41. The maximum atomic E-state index is 6.50. The first-order valence-electron chi connectivity index (χ1n) is 6.95. The van der Waals surface area contributed by atoms with Crippen LogP contribution in [0.2, 0.25) is 0 Å². The van der Waals surface area contributed by atoms with Gasteiger partial charge in [-0.05, 0) is 44.6 Å². The molecule has 0 radical (unpaired) electrons. The summed E-state index contributed by atoms with van der Waals surface area (Å²) in [5.41, 5.74) is 7.38. The van der Waals surface area contributed by atoms with E-state index in [2.05, 4.69) is 18.9 Å². The van der Waals surface area contributed by atoms with Gasteiger partial charge in [-0.25, -0.2) is 0 Å². The van der Waals surface area contributed by atoms with Crippen molar-refractivity contribution in [3.8, 4) is 0 Å². The highest BCUT2D eigenvalue weighted by atomic mass is 16.5. The van der Waals surface area contributed by atoms with Crippen LogP contribution in [0.4, 0.5) is 0 Å². The number of rotatable bonds is 4. The summed E-state index contributed by atoms with van der Waals surface area (Å²) in [6.07, 6.45) is 6.30. The molecule has 4 heteroatoms. The zero-order valence-electron chi connectivity index (χ0n) is 11.7. The largest absolute Gasteiger partial charge is 0.376 e. The van der Waals surface area contributed by atoms with Crippen LogP contribution in [0.1, 0.15) is 51.3 Å². The van der Waals surface area contributed by atoms with Crippen LogP contribution in [-0.2, 0) is 11.3 Å². The van der Waals surface area contributed by atoms with Gasteiger partial charge in [0.15, 0.2) is 0 Å². The minimum absolute atomic E-state index is 0.0857. The lowest BCUT2D eigenvalue weighted by Gasteiger charge is -2.42. The molecule has 0 aromatic carbocycles. The molecule has 2 N–H and O–H groups in total. The maximum absolute atomic E-state index is 6.50. The van der Waals surface area contributed by atoms with Crippen LogP contribution < -0.4 is 5.73 Å². The monoisotopic (exact) mass is 251 g/mol. The van der Waals surface area contributed by atoms with E-state index in [0.29, 0.717) is 0 Å². The number of methoxy groups -OCH3 is 1. The SMILES string of the molecule is CCn1nccc1C(N)C1(OC)CCC(C)CC1. The molecule has 2 rings (SSSR count). The second-order valence-corrected chi connectivity index (χ2v) is 5.50. The Morgan fingerprint density at radius 1 is 1.56 bits per heavy atom. The highest BCUT2D eigenvalue weighted by molar-refractivity contribution is 5.13. The fourth-order valence-corrected chi connectivity index (χ4v) is 3.03. The lowest BCUT2D eigenvalue weighted by Crippen LogP contribution is -2.46. The van der Waals surface area contributed by atoms with Crippen molar-refractivity contribution in [3.63, 3.8) is 0 Å². The van der Waals surface area contributed by atoms with E-state index in [1.165, 1.54) is 12.8 Å². The fraction of sp³-hybridized carbons (Fsp3) is 0.786. The van der Waals surface area contributed by atoms with Crippen LogP contribution in [0.3, 0.4) is 0 Å². The molecule has 0 bridgehead atoms. The Morgan fingerprint density at radius 2 is 2.22 bits per heavy atom. The Bertz CT molecular complexity index is 380. The number of nitrogens with two attached hydrogens (primary N) is 1. The van der Waals surface area contributed by atoms with Gasteiger partial charge in [-0.15, -0.1) is 0 Å². The molecule has 4 nitrogen and oxygen atoms in total. The van der Waals surface area contributed by atoms with Crippen molar-refractivity contribution < 1.29 is 4.74 Å². The summed E-state index contributed by atoms with van der Waals surface area (Å²) >= 11 is 0. The summed E-state index contributed by atoms with van der Waals surface area (Å²) in [4.78, 5) is 0. The molecule has 1 heterocycles. The zero-order chi connectivity index (χ0) is 13.2. The van der Waals surface area contributed by atoms with Crippen LogP contribution in [0.5, 0.6) is 0 Å². The van der Waals surface area contributed by atoms with Gasteiger partial charge in [0, 0.05) is 19.9 Å². The summed E-state index contributed by atoms with van der Waals surface area (Å²) in [6, 6.07) is 1.94. The molecular weight excluding hydrogens is 226 g/mol. The van der Waals surface area contributed by atoms with Crippen LogP contribution in [0.25, 0.3) is 0 Å². The number of aromatic nitrogens is 2. The van der Waals surface area contributed by atoms with Crippen molar-refractivity contribution in [3.05, 3.63) is 18.0 Å². The Labute approximate surface area is 110 Å². The molecule has 18 heavy (non-hydrogen) atoms. The first-order chi connectivity index (χ1) is 8.63. The summed E-state index contributed by atoms with van der Waals surface area (Å²) in [7, 11) is 1.79. The third-order valence-corrected chi connectivity index (χ3v) is 4.46. The number of nitrogens with zero attached hydrogens (tertiary/aromatic N) is 2. The molecule has 0 amide bonds. The van der Waals surface area contributed by atoms with Crippen molar-refractivity contribution in [2.45, 2.75) is 57.7 Å². The van der Waals surface area contributed by atoms with Crippen LogP contribution in [0.15, 0.2) is 12.3 Å². The second kappa shape index (κ2) is 5.41. The van der Waals surface area contributed by atoms with Gasteiger partial charge >= 0.3 is 0 Å². The minimum Gasteiger partial charge on any atom is -0.376 e. The Morgan fingerprint density at radius 3 is 2.78 bits per heavy atom. The molecular formula is C14H25N3O. The van der Waals surface area contributed by atoms with Gasteiger partial charge in [-0.2, -0.15) is 5.10 Å². The van der Waals surface area contributed by atoms with Crippen LogP contribution >= 0.6 is 0 Å². The third-order valence-electron chi connectivity index (χ3n) is 4.46. The quantitative estimate of drug-likeness (QED) is 0.894. The van der Waals surface area contributed by atoms with Crippen molar-refractivity contribution in [2.75, 3.05) is 7.11 Å². The maximum Gasteiger partial charge on any atom is 0.0885 e. The molecule has 0 aliphatic heterocycles. The molecule has 102 valence electrons. The van der Waals surface area contributed by atoms with E-state index in [1.54, 1.807) is 7.11 Å². The van der Waals surface area contributed by atoms with Gasteiger partial charge in [0.1, 0.15) is 0 Å². The molecule has 1 aromatic rings. The van der Waals surface area contributed by atoms with E-state index in [0.717, 1.165) is 31.0 Å². The van der Waals surface area contributed by atoms with Gasteiger partial charge in [0.2, 0.25) is 0 Å². The van der Waals surface area contributed by atoms with Crippen molar-refractivity contribution in [1.82, 2.24) is 9.78 Å². The van der Waals surface area contributed by atoms with E-state index in [9.17, 15) is 0 Å². The molecule has 0 saturated heterocycles. The van der Waals surface area contributed by atoms with E-state index in [1.807, 2.05) is 16.9 Å². The average molecular weight is 251 g/mol. The smallest absolute Gasteiger partial charge is 0.0885 e. The number of hydrogen-bond acceptors (Lipinski definition) is 3. The molecule has 1 aliphatic carbocycles. The fourth-order valence-electron chi connectivity index (χ4n) is 3.03. The Kier molecular flexibility index (Phi) is 4.07. The van der Waals surface area contributed by atoms with Crippen molar-refractivity contribution in [2.24, 2.45) is 11.7 Å². The first kappa shape index (κ1) is 13.6. The summed E-state index contributed by atoms with van der Waals surface area (Å²) in [5, 5.41) is 4.31. The number of aryl methyl sites for hydroxylation is 1. The standard InChI is InChI=1S/C14H25N3O/c1-4-17-12(7-10-16-17)13(15)14(18-3)8-5-11(2)6-9-14/h7,10-11,13H,4-6,8-9,15H2,1-3H3. The normalized spacial score (nSPS) is 30.3. The lowest BCUT2D eigenvalue weighted by atomic mass is 9.74. The highest BCUT2D eigenvalue weighted by Crippen LogP contribution is 2.41. The minimum atomic E-state index is -0.209. The van der Waals surface area contributed by atoms with Gasteiger partial charge in [0.25, 0.3) is 0 Å². The van der Waals surface area contributed by atoms with Crippen molar-refractivity contribution in [1.29, 1.82) is 0 Å². The molecule has 1 atom stereocenters. The van der Waals surface area contributed by atoms with E-state index in [-0.39, 0.29) is 11.6 Å². The lowest BCUT2D eigenvalue weighted by molar-refractivity contribution is -0.0688. The van der Waals surface area contributed by atoms with E-state index < -0.39 is 0 Å². The molecule has 1 unspecified atom stereocenters. The average Bonchev–Trinajstić information content (AvgIpc) is 2.87.